The Morgan fingerprint density at radius 3 is 2.39 bits per heavy atom. The van der Waals surface area contributed by atoms with Gasteiger partial charge in [-0.05, 0) is 35.7 Å². The van der Waals surface area contributed by atoms with Gasteiger partial charge in [0.05, 0.1) is 14.2 Å². The third-order valence-corrected chi connectivity index (χ3v) is 3.95. The van der Waals surface area contributed by atoms with Gasteiger partial charge < -0.3 is 20.1 Å². The average Bonchev–Trinajstić information content (AvgIpc) is 2.71. The molecular formula is C20H27IN4O3. The standard InChI is InChI=1S/C20H26N4O3.HI/c1-21-19(22-13-12-16-6-4-5-7-18(16)26-2)23-14-15-8-10-17(11-9-15)24-20(25)27-3;/h4-11H,12-14H2,1-3H3,(H,24,25)(H2,21,22,23);1H. The Hall–Kier alpha value is -2.49. The quantitative estimate of drug-likeness (QED) is 0.310. The highest BCUT2D eigenvalue weighted by atomic mass is 127. The number of aliphatic imine (C=N–C) groups is 1. The van der Waals surface area contributed by atoms with Gasteiger partial charge >= 0.3 is 6.09 Å². The van der Waals surface area contributed by atoms with Crippen LogP contribution in [-0.2, 0) is 17.7 Å². The number of anilines is 1. The van der Waals surface area contributed by atoms with Crippen molar-refractivity contribution in [3.05, 3.63) is 59.7 Å². The van der Waals surface area contributed by atoms with Crippen molar-refractivity contribution in [1.82, 2.24) is 10.6 Å². The zero-order chi connectivity index (χ0) is 19.5. The van der Waals surface area contributed by atoms with Crippen molar-refractivity contribution in [2.24, 2.45) is 4.99 Å². The molecule has 7 nitrogen and oxygen atoms in total. The summed E-state index contributed by atoms with van der Waals surface area (Å²) < 4.78 is 9.94. The number of halogens is 1. The summed E-state index contributed by atoms with van der Waals surface area (Å²) in [5.74, 6) is 1.62. The molecule has 0 unspecified atom stereocenters. The third kappa shape index (κ3) is 7.63. The molecule has 0 bridgehead atoms. The van der Waals surface area contributed by atoms with E-state index in [1.165, 1.54) is 7.11 Å². The van der Waals surface area contributed by atoms with Gasteiger partial charge in [0.25, 0.3) is 0 Å². The second-order valence-electron chi connectivity index (χ2n) is 5.73. The highest BCUT2D eigenvalue weighted by molar-refractivity contribution is 14.0. The molecule has 0 saturated carbocycles. The fourth-order valence-corrected chi connectivity index (χ4v) is 2.51. The van der Waals surface area contributed by atoms with Crippen LogP contribution in [0.3, 0.4) is 0 Å². The first-order chi connectivity index (χ1) is 13.2. The van der Waals surface area contributed by atoms with E-state index < -0.39 is 6.09 Å². The van der Waals surface area contributed by atoms with Crippen LogP contribution in [0.2, 0.25) is 0 Å². The van der Waals surface area contributed by atoms with Crippen LogP contribution in [0.5, 0.6) is 5.75 Å². The molecule has 2 aromatic rings. The van der Waals surface area contributed by atoms with Gasteiger partial charge in [0.2, 0.25) is 0 Å². The first-order valence-electron chi connectivity index (χ1n) is 8.66. The molecule has 28 heavy (non-hydrogen) atoms. The minimum absolute atomic E-state index is 0. The van der Waals surface area contributed by atoms with Crippen molar-refractivity contribution in [3.8, 4) is 5.75 Å². The maximum Gasteiger partial charge on any atom is 0.411 e. The molecule has 0 saturated heterocycles. The summed E-state index contributed by atoms with van der Waals surface area (Å²) in [5.41, 5.74) is 2.90. The molecule has 0 aliphatic heterocycles. The van der Waals surface area contributed by atoms with Gasteiger partial charge in [-0.25, -0.2) is 4.79 Å². The van der Waals surface area contributed by atoms with Gasteiger partial charge in [0, 0.05) is 25.8 Å². The molecule has 152 valence electrons. The maximum absolute atomic E-state index is 11.2. The Labute approximate surface area is 182 Å². The number of amides is 1. The number of hydrogen-bond donors (Lipinski definition) is 3. The molecule has 0 radical (unpaired) electrons. The van der Waals surface area contributed by atoms with E-state index in [0.717, 1.165) is 35.8 Å². The zero-order valence-corrected chi connectivity index (χ0v) is 18.7. The summed E-state index contributed by atoms with van der Waals surface area (Å²) in [7, 11) is 4.75. The van der Waals surface area contributed by atoms with Gasteiger partial charge in [-0.1, -0.05) is 30.3 Å². The van der Waals surface area contributed by atoms with Crippen LogP contribution in [0.15, 0.2) is 53.5 Å². The van der Waals surface area contributed by atoms with Crippen LogP contribution in [0.1, 0.15) is 11.1 Å². The molecule has 0 heterocycles. The average molecular weight is 498 g/mol. The molecule has 2 rings (SSSR count). The number of benzene rings is 2. The highest BCUT2D eigenvalue weighted by Crippen LogP contribution is 2.17. The van der Waals surface area contributed by atoms with Crippen LogP contribution in [0.25, 0.3) is 0 Å². The smallest absolute Gasteiger partial charge is 0.411 e. The molecule has 0 aliphatic rings. The minimum Gasteiger partial charge on any atom is -0.496 e. The number of hydrogen-bond acceptors (Lipinski definition) is 4. The number of carbonyl (C=O) groups excluding carboxylic acids is 1. The number of methoxy groups -OCH3 is 2. The largest absolute Gasteiger partial charge is 0.496 e. The lowest BCUT2D eigenvalue weighted by molar-refractivity contribution is 0.187. The first kappa shape index (κ1) is 23.5. The molecule has 0 aliphatic carbocycles. The lowest BCUT2D eigenvalue weighted by Gasteiger charge is -2.13. The summed E-state index contributed by atoms with van der Waals surface area (Å²) in [5, 5.41) is 9.18. The Balaban J connectivity index is 0.00000392. The zero-order valence-electron chi connectivity index (χ0n) is 16.3. The topological polar surface area (TPSA) is 84.0 Å². The van der Waals surface area contributed by atoms with E-state index in [2.05, 4.69) is 31.7 Å². The Morgan fingerprint density at radius 1 is 1.04 bits per heavy atom. The van der Waals surface area contributed by atoms with Crippen LogP contribution in [-0.4, -0.2) is 39.9 Å². The summed E-state index contributed by atoms with van der Waals surface area (Å²) in [4.78, 5) is 15.4. The van der Waals surface area contributed by atoms with E-state index >= 15 is 0 Å². The lowest BCUT2D eigenvalue weighted by atomic mass is 10.1. The molecule has 0 spiro atoms. The van der Waals surface area contributed by atoms with Crippen molar-refractivity contribution in [2.75, 3.05) is 33.1 Å². The van der Waals surface area contributed by atoms with Crippen molar-refractivity contribution >= 4 is 41.7 Å². The number of guanidine groups is 1. The summed E-state index contributed by atoms with van der Waals surface area (Å²) in [6, 6.07) is 15.5. The van der Waals surface area contributed by atoms with Crippen molar-refractivity contribution in [1.29, 1.82) is 0 Å². The van der Waals surface area contributed by atoms with Crippen LogP contribution in [0, 0.1) is 0 Å². The summed E-state index contributed by atoms with van der Waals surface area (Å²) >= 11 is 0. The van der Waals surface area contributed by atoms with E-state index in [-0.39, 0.29) is 24.0 Å². The van der Waals surface area contributed by atoms with E-state index in [1.807, 2.05) is 42.5 Å². The molecule has 1 amide bonds. The van der Waals surface area contributed by atoms with Crippen molar-refractivity contribution < 1.29 is 14.3 Å². The van der Waals surface area contributed by atoms with Gasteiger partial charge in [0.15, 0.2) is 5.96 Å². The summed E-state index contributed by atoms with van der Waals surface area (Å²) in [6.45, 7) is 1.36. The fourth-order valence-electron chi connectivity index (χ4n) is 2.51. The minimum atomic E-state index is -0.486. The SMILES string of the molecule is CN=C(NCCc1ccccc1OC)NCc1ccc(NC(=O)OC)cc1.I. The van der Waals surface area contributed by atoms with Gasteiger partial charge in [0.1, 0.15) is 5.75 Å². The number of carbonyl (C=O) groups is 1. The molecule has 0 aromatic heterocycles. The first-order valence-corrected chi connectivity index (χ1v) is 8.66. The second-order valence-corrected chi connectivity index (χ2v) is 5.73. The second kappa shape index (κ2) is 12.8. The van der Waals surface area contributed by atoms with Gasteiger partial charge in [-0.15, -0.1) is 24.0 Å². The Kier molecular flexibility index (Phi) is 10.8. The monoisotopic (exact) mass is 498 g/mol. The lowest BCUT2D eigenvalue weighted by Crippen LogP contribution is -2.37. The molecule has 0 atom stereocenters. The van der Waals surface area contributed by atoms with Gasteiger partial charge in [-0.2, -0.15) is 0 Å². The maximum atomic E-state index is 11.2. The third-order valence-electron chi connectivity index (χ3n) is 3.95. The summed E-state index contributed by atoms with van der Waals surface area (Å²) in [6.07, 6.45) is 0.346. The van der Waals surface area contributed by atoms with E-state index in [1.54, 1.807) is 14.2 Å². The van der Waals surface area contributed by atoms with Crippen molar-refractivity contribution in [2.45, 2.75) is 13.0 Å². The number of para-hydroxylation sites is 1. The number of ether oxygens (including phenoxy) is 2. The van der Waals surface area contributed by atoms with Crippen LogP contribution in [0.4, 0.5) is 10.5 Å². The molecule has 3 N–H and O–H groups in total. The predicted octanol–water partition coefficient (Wildman–Crippen LogP) is 3.40. The Bertz CT molecular complexity index is 766. The predicted molar refractivity (Wildman–Crippen MR) is 123 cm³/mol. The molecular weight excluding hydrogens is 471 g/mol. The normalized spacial score (nSPS) is 10.5. The molecule has 2 aromatic carbocycles. The molecule has 0 fully saturated rings. The van der Waals surface area contributed by atoms with Crippen LogP contribution >= 0.6 is 24.0 Å². The van der Waals surface area contributed by atoms with Gasteiger partial charge in [-0.3, -0.25) is 10.3 Å². The van der Waals surface area contributed by atoms with E-state index in [9.17, 15) is 4.79 Å². The highest BCUT2D eigenvalue weighted by Gasteiger charge is 2.04. The fraction of sp³-hybridized carbons (Fsp3) is 0.300. The number of nitrogens with zero attached hydrogens (tertiary/aromatic N) is 1. The van der Waals surface area contributed by atoms with E-state index in [0.29, 0.717) is 12.2 Å². The van der Waals surface area contributed by atoms with Crippen LogP contribution < -0.4 is 20.7 Å². The van der Waals surface area contributed by atoms with E-state index in [4.69, 9.17) is 4.74 Å². The molecule has 8 heteroatoms. The number of rotatable bonds is 7. The Morgan fingerprint density at radius 2 is 1.75 bits per heavy atom. The van der Waals surface area contributed by atoms with Crippen molar-refractivity contribution in [3.63, 3.8) is 0 Å². The number of nitrogens with one attached hydrogen (secondary N) is 3.